The van der Waals surface area contributed by atoms with E-state index < -0.39 is 23.5 Å². The molecule has 1 aromatic carbocycles. The molecule has 0 amide bonds. The van der Waals surface area contributed by atoms with Gasteiger partial charge in [0.15, 0.2) is 5.13 Å². The van der Waals surface area contributed by atoms with Gasteiger partial charge in [0.2, 0.25) is 0 Å². The lowest BCUT2D eigenvalue weighted by Gasteiger charge is -2.16. The number of para-hydroxylation sites is 1. The Hall–Kier alpha value is -2.02. The van der Waals surface area contributed by atoms with Crippen LogP contribution in [-0.4, -0.2) is 16.1 Å². The average molecular weight is 310 g/mol. The molecule has 0 aliphatic heterocycles. The van der Waals surface area contributed by atoms with Gasteiger partial charge in [-0.1, -0.05) is 6.07 Å². The summed E-state index contributed by atoms with van der Waals surface area (Å²) in [7, 11) is 0. The van der Waals surface area contributed by atoms with Crippen LogP contribution < -0.4 is 5.32 Å². The third-order valence-corrected chi connectivity index (χ3v) is 4.49. The molecular formula is C14H12F2N2O2S. The van der Waals surface area contributed by atoms with Crippen molar-refractivity contribution in [2.75, 3.05) is 5.32 Å². The summed E-state index contributed by atoms with van der Waals surface area (Å²) in [5.41, 5.74) is 0.244. The Kier molecular flexibility index (Phi) is 3.59. The largest absolute Gasteiger partial charge is 0.481 e. The highest BCUT2D eigenvalue weighted by atomic mass is 32.1. The van der Waals surface area contributed by atoms with Crippen molar-refractivity contribution in [1.82, 2.24) is 4.98 Å². The summed E-state index contributed by atoms with van der Waals surface area (Å²) in [5.74, 6) is -2.97. The highest BCUT2D eigenvalue weighted by Crippen LogP contribution is 2.38. The molecule has 1 aliphatic rings. The summed E-state index contributed by atoms with van der Waals surface area (Å²) in [5, 5.41) is 12.1. The number of aryl methyl sites for hydroxylation is 1. The zero-order valence-electron chi connectivity index (χ0n) is 10.9. The smallest absolute Gasteiger partial charge is 0.312 e. The highest BCUT2D eigenvalue weighted by Gasteiger charge is 2.30. The quantitative estimate of drug-likeness (QED) is 0.908. The van der Waals surface area contributed by atoms with Gasteiger partial charge in [0, 0.05) is 4.88 Å². The van der Waals surface area contributed by atoms with Gasteiger partial charge in [-0.3, -0.25) is 4.79 Å². The van der Waals surface area contributed by atoms with Crippen molar-refractivity contribution in [2.45, 2.75) is 25.2 Å². The predicted octanol–water partition coefficient (Wildman–Crippen LogP) is 3.67. The number of nitrogens with zero attached hydrogens (tertiary/aromatic N) is 1. The Balaban J connectivity index is 1.93. The first-order chi connectivity index (χ1) is 10.1. The van der Waals surface area contributed by atoms with Crippen molar-refractivity contribution in [3.05, 3.63) is 40.4 Å². The van der Waals surface area contributed by atoms with E-state index in [1.807, 2.05) is 0 Å². The molecule has 0 spiro atoms. The van der Waals surface area contributed by atoms with Crippen LogP contribution in [0.2, 0.25) is 0 Å². The fourth-order valence-corrected chi connectivity index (χ4v) is 3.51. The van der Waals surface area contributed by atoms with Gasteiger partial charge in [0.05, 0.1) is 5.69 Å². The van der Waals surface area contributed by atoms with Crippen LogP contribution in [0.5, 0.6) is 0 Å². The van der Waals surface area contributed by atoms with E-state index in [2.05, 4.69) is 10.3 Å². The SMILES string of the molecule is O=C(O)C1CCCc2sc(Nc3c(F)cccc3F)nc21. The summed E-state index contributed by atoms with van der Waals surface area (Å²) in [4.78, 5) is 16.3. The van der Waals surface area contributed by atoms with Gasteiger partial charge in [-0.15, -0.1) is 11.3 Å². The Bertz CT molecular complexity index is 682. The molecular weight excluding hydrogens is 298 g/mol. The number of nitrogens with one attached hydrogen (secondary N) is 1. The van der Waals surface area contributed by atoms with Gasteiger partial charge in [-0.05, 0) is 31.4 Å². The van der Waals surface area contributed by atoms with Crippen molar-refractivity contribution < 1.29 is 18.7 Å². The fraction of sp³-hybridized carbons (Fsp3) is 0.286. The van der Waals surface area contributed by atoms with Crippen LogP contribution in [0.4, 0.5) is 19.6 Å². The second kappa shape index (κ2) is 5.40. The number of halogens is 2. The van der Waals surface area contributed by atoms with E-state index in [4.69, 9.17) is 0 Å². The van der Waals surface area contributed by atoms with Gasteiger partial charge in [-0.25, -0.2) is 13.8 Å². The van der Waals surface area contributed by atoms with Crippen LogP contribution in [0.3, 0.4) is 0 Å². The van der Waals surface area contributed by atoms with Crippen LogP contribution in [-0.2, 0) is 11.2 Å². The first kappa shape index (κ1) is 13.9. The lowest BCUT2D eigenvalue weighted by Crippen LogP contribution is -2.17. The van der Waals surface area contributed by atoms with E-state index in [1.165, 1.54) is 17.4 Å². The maximum Gasteiger partial charge on any atom is 0.312 e. The van der Waals surface area contributed by atoms with E-state index in [9.17, 15) is 18.7 Å². The van der Waals surface area contributed by atoms with Crippen LogP contribution in [0, 0.1) is 11.6 Å². The summed E-state index contributed by atoms with van der Waals surface area (Å²) in [6.07, 6.45) is 2.07. The van der Waals surface area contributed by atoms with Gasteiger partial charge >= 0.3 is 5.97 Å². The Morgan fingerprint density at radius 3 is 2.76 bits per heavy atom. The monoisotopic (exact) mass is 310 g/mol. The van der Waals surface area contributed by atoms with E-state index in [0.717, 1.165) is 29.9 Å². The van der Waals surface area contributed by atoms with Crippen molar-refractivity contribution in [3.63, 3.8) is 0 Å². The normalized spacial score (nSPS) is 17.3. The highest BCUT2D eigenvalue weighted by molar-refractivity contribution is 7.15. The van der Waals surface area contributed by atoms with Crippen LogP contribution >= 0.6 is 11.3 Å². The molecule has 0 saturated heterocycles. The molecule has 7 heteroatoms. The summed E-state index contributed by atoms with van der Waals surface area (Å²) in [6.45, 7) is 0. The summed E-state index contributed by atoms with van der Waals surface area (Å²) < 4.78 is 27.2. The number of rotatable bonds is 3. The van der Waals surface area contributed by atoms with E-state index in [-0.39, 0.29) is 5.69 Å². The van der Waals surface area contributed by atoms with Gasteiger partial charge in [0.25, 0.3) is 0 Å². The number of hydrogen-bond donors (Lipinski definition) is 2. The van der Waals surface area contributed by atoms with E-state index in [0.29, 0.717) is 17.2 Å². The summed E-state index contributed by atoms with van der Waals surface area (Å²) >= 11 is 1.25. The molecule has 21 heavy (non-hydrogen) atoms. The predicted molar refractivity (Wildman–Crippen MR) is 75.1 cm³/mol. The van der Waals surface area contributed by atoms with Crippen LogP contribution in [0.1, 0.15) is 29.3 Å². The van der Waals surface area contributed by atoms with Crippen molar-refractivity contribution in [1.29, 1.82) is 0 Å². The second-order valence-electron chi connectivity index (χ2n) is 4.83. The Morgan fingerprint density at radius 1 is 1.38 bits per heavy atom. The van der Waals surface area contributed by atoms with Gasteiger partial charge < -0.3 is 10.4 Å². The molecule has 2 N–H and O–H groups in total. The Morgan fingerprint density at radius 2 is 2.10 bits per heavy atom. The topological polar surface area (TPSA) is 62.2 Å². The number of hydrogen-bond acceptors (Lipinski definition) is 4. The van der Waals surface area contributed by atoms with Crippen molar-refractivity contribution in [3.8, 4) is 0 Å². The maximum absolute atomic E-state index is 13.6. The number of anilines is 2. The van der Waals surface area contributed by atoms with E-state index in [1.54, 1.807) is 0 Å². The molecule has 110 valence electrons. The first-order valence-electron chi connectivity index (χ1n) is 6.49. The molecule has 4 nitrogen and oxygen atoms in total. The lowest BCUT2D eigenvalue weighted by atomic mass is 9.91. The van der Waals surface area contributed by atoms with Gasteiger partial charge in [-0.2, -0.15) is 0 Å². The molecule has 0 saturated carbocycles. The molecule has 1 unspecified atom stereocenters. The lowest BCUT2D eigenvalue weighted by molar-refractivity contribution is -0.139. The van der Waals surface area contributed by atoms with Crippen LogP contribution in [0.15, 0.2) is 18.2 Å². The van der Waals surface area contributed by atoms with Crippen molar-refractivity contribution >= 4 is 28.1 Å². The maximum atomic E-state index is 13.6. The number of fused-ring (bicyclic) bond motifs is 1. The Labute approximate surface area is 123 Å². The number of aromatic nitrogens is 1. The minimum atomic E-state index is -0.912. The standard InChI is InChI=1S/C14H12F2N2O2S/c15-8-4-2-5-9(16)12(8)18-14-17-11-7(13(19)20)3-1-6-10(11)21-14/h2,4-5,7H,1,3,6H2,(H,17,18)(H,19,20). The molecule has 1 aromatic heterocycles. The molecule has 2 aromatic rings. The molecule has 0 fully saturated rings. The molecule has 0 radical (unpaired) electrons. The molecule has 3 rings (SSSR count). The molecule has 1 atom stereocenters. The molecule has 1 heterocycles. The van der Waals surface area contributed by atoms with Gasteiger partial charge in [0.1, 0.15) is 23.2 Å². The molecule has 1 aliphatic carbocycles. The van der Waals surface area contributed by atoms with E-state index >= 15 is 0 Å². The minimum Gasteiger partial charge on any atom is -0.481 e. The van der Waals surface area contributed by atoms with Crippen molar-refractivity contribution in [2.24, 2.45) is 0 Å². The molecule has 0 bridgehead atoms. The number of thiazole rings is 1. The zero-order chi connectivity index (χ0) is 15.0. The average Bonchev–Trinajstić information content (AvgIpc) is 2.85. The minimum absolute atomic E-state index is 0.268. The third-order valence-electron chi connectivity index (χ3n) is 3.45. The zero-order valence-corrected chi connectivity index (χ0v) is 11.7. The number of carboxylic acid groups (broad SMARTS) is 1. The number of carbonyl (C=O) groups is 1. The first-order valence-corrected chi connectivity index (χ1v) is 7.31. The number of benzene rings is 1. The number of carboxylic acids is 1. The summed E-state index contributed by atoms with van der Waals surface area (Å²) in [6, 6.07) is 3.58. The third kappa shape index (κ3) is 2.61. The fourth-order valence-electron chi connectivity index (χ4n) is 2.44. The van der Waals surface area contributed by atoms with Crippen LogP contribution in [0.25, 0.3) is 0 Å². The second-order valence-corrected chi connectivity index (χ2v) is 5.92. The number of aliphatic carboxylic acids is 1.